The highest BCUT2D eigenvalue weighted by atomic mass is 35.5. The van der Waals surface area contributed by atoms with Gasteiger partial charge in [0.15, 0.2) is 11.0 Å². The second kappa shape index (κ2) is 9.07. The predicted molar refractivity (Wildman–Crippen MR) is 107 cm³/mol. The lowest BCUT2D eigenvalue weighted by molar-refractivity contribution is -0.115. The average molecular weight is 421 g/mol. The van der Waals surface area contributed by atoms with Crippen LogP contribution in [-0.2, 0) is 18.4 Å². The van der Waals surface area contributed by atoms with Crippen molar-refractivity contribution in [1.82, 2.24) is 14.8 Å². The molecule has 0 spiro atoms. The van der Waals surface area contributed by atoms with Gasteiger partial charge in [-0.15, -0.1) is 10.2 Å². The fourth-order valence-corrected chi connectivity index (χ4v) is 3.29. The fourth-order valence-electron chi connectivity index (χ4n) is 2.27. The Morgan fingerprint density at radius 2 is 1.96 bits per heavy atom. The van der Waals surface area contributed by atoms with Gasteiger partial charge in [-0.1, -0.05) is 35.5 Å². The molecule has 2 aromatic carbocycles. The Bertz CT molecular complexity index is 965. The number of rotatable bonds is 7. The van der Waals surface area contributed by atoms with E-state index in [9.17, 15) is 9.18 Å². The number of hydrogen-bond acceptors (Lipinski definition) is 5. The minimum Gasteiger partial charge on any atom is -0.484 e. The first-order chi connectivity index (χ1) is 13.4. The van der Waals surface area contributed by atoms with Gasteiger partial charge in [0.2, 0.25) is 5.91 Å². The van der Waals surface area contributed by atoms with Crippen LogP contribution < -0.4 is 10.1 Å². The van der Waals surface area contributed by atoms with Crippen LogP contribution in [0, 0.1) is 5.82 Å². The lowest BCUT2D eigenvalue weighted by Crippen LogP contribution is -2.22. The van der Waals surface area contributed by atoms with Crippen LogP contribution in [0.1, 0.15) is 12.7 Å². The number of thioether (sulfide) groups is 1. The predicted octanol–water partition coefficient (Wildman–Crippen LogP) is 4.31. The third kappa shape index (κ3) is 5.02. The summed E-state index contributed by atoms with van der Waals surface area (Å²) in [6.07, 6.45) is 0. The van der Waals surface area contributed by atoms with Crippen molar-refractivity contribution in [3.8, 4) is 5.75 Å². The van der Waals surface area contributed by atoms with Crippen LogP contribution in [0.25, 0.3) is 0 Å². The molecular weight excluding hydrogens is 403 g/mol. The zero-order valence-corrected chi connectivity index (χ0v) is 16.8. The number of nitrogens with zero attached hydrogens (tertiary/aromatic N) is 3. The molecule has 1 aromatic heterocycles. The number of amides is 1. The van der Waals surface area contributed by atoms with Crippen molar-refractivity contribution >= 4 is 35.0 Å². The number of ether oxygens (including phenoxy) is 1. The minimum atomic E-state index is -0.426. The average Bonchev–Trinajstić information content (AvgIpc) is 3.02. The van der Waals surface area contributed by atoms with Gasteiger partial charge < -0.3 is 14.6 Å². The van der Waals surface area contributed by atoms with Crippen molar-refractivity contribution in [2.24, 2.45) is 7.05 Å². The molecule has 0 saturated carbocycles. The Hall–Kier alpha value is -2.58. The fraction of sp³-hybridized carbons (Fsp3) is 0.211. The number of para-hydroxylation sites is 1. The Morgan fingerprint density at radius 3 is 2.68 bits per heavy atom. The van der Waals surface area contributed by atoms with Crippen molar-refractivity contribution in [3.05, 3.63) is 65.2 Å². The summed E-state index contributed by atoms with van der Waals surface area (Å²) >= 11 is 7.35. The third-order valence-electron chi connectivity index (χ3n) is 3.88. The van der Waals surface area contributed by atoms with Crippen LogP contribution in [0.15, 0.2) is 53.7 Å². The molecule has 1 unspecified atom stereocenters. The number of aromatic nitrogens is 3. The number of nitrogens with one attached hydrogen (secondary N) is 1. The van der Waals surface area contributed by atoms with Crippen molar-refractivity contribution in [3.63, 3.8) is 0 Å². The van der Waals surface area contributed by atoms with E-state index in [0.29, 0.717) is 27.4 Å². The molecule has 9 heteroatoms. The van der Waals surface area contributed by atoms with Crippen LogP contribution in [-0.4, -0.2) is 25.9 Å². The zero-order chi connectivity index (χ0) is 20.1. The molecule has 1 amide bonds. The van der Waals surface area contributed by atoms with E-state index in [2.05, 4.69) is 15.5 Å². The van der Waals surface area contributed by atoms with Gasteiger partial charge in [-0.05, 0) is 43.3 Å². The van der Waals surface area contributed by atoms with Crippen LogP contribution >= 0.6 is 23.4 Å². The van der Waals surface area contributed by atoms with Crippen LogP contribution in [0.4, 0.5) is 10.1 Å². The summed E-state index contributed by atoms with van der Waals surface area (Å²) < 4.78 is 20.4. The number of benzene rings is 2. The molecule has 0 radical (unpaired) electrons. The summed E-state index contributed by atoms with van der Waals surface area (Å²) in [7, 11) is 1.80. The first kappa shape index (κ1) is 20.2. The topological polar surface area (TPSA) is 69.0 Å². The van der Waals surface area contributed by atoms with E-state index >= 15 is 0 Å². The van der Waals surface area contributed by atoms with Crippen molar-refractivity contribution in [2.45, 2.75) is 23.9 Å². The van der Waals surface area contributed by atoms with Gasteiger partial charge in [-0.25, -0.2) is 4.39 Å². The maximum absolute atomic E-state index is 13.0. The Balaban J connectivity index is 1.59. The van der Waals surface area contributed by atoms with Crippen molar-refractivity contribution in [1.29, 1.82) is 0 Å². The zero-order valence-electron chi connectivity index (χ0n) is 15.2. The molecule has 1 N–H and O–H groups in total. The van der Waals surface area contributed by atoms with Gasteiger partial charge in [0.25, 0.3) is 0 Å². The van der Waals surface area contributed by atoms with E-state index in [1.165, 1.54) is 36.0 Å². The van der Waals surface area contributed by atoms with Gasteiger partial charge >= 0.3 is 0 Å². The summed E-state index contributed by atoms with van der Waals surface area (Å²) in [4.78, 5) is 12.3. The number of halogens is 2. The molecule has 3 aromatic rings. The molecule has 1 atom stereocenters. The van der Waals surface area contributed by atoms with E-state index in [-0.39, 0.29) is 18.3 Å². The maximum Gasteiger partial charge on any atom is 0.237 e. The Kier molecular flexibility index (Phi) is 6.53. The highest BCUT2D eigenvalue weighted by molar-refractivity contribution is 8.00. The number of hydrogen-bond donors (Lipinski definition) is 1. The van der Waals surface area contributed by atoms with Crippen LogP contribution in [0.3, 0.4) is 0 Å². The Labute approximate surface area is 171 Å². The summed E-state index contributed by atoms with van der Waals surface area (Å²) in [5, 5.41) is 11.7. The SMILES string of the molecule is CC(Sc1nnc(COc2ccccc2Cl)n1C)C(=O)Nc1ccc(F)cc1. The van der Waals surface area contributed by atoms with Gasteiger partial charge in [0, 0.05) is 12.7 Å². The smallest absolute Gasteiger partial charge is 0.237 e. The van der Waals surface area contributed by atoms with Crippen molar-refractivity contribution < 1.29 is 13.9 Å². The molecule has 0 aliphatic heterocycles. The van der Waals surface area contributed by atoms with E-state index in [1.54, 1.807) is 30.7 Å². The molecule has 0 bridgehead atoms. The molecule has 3 rings (SSSR count). The van der Waals surface area contributed by atoms with Gasteiger partial charge in [0.1, 0.15) is 18.2 Å². The first-order valence-corrected chi connectivity index (χ1v) is 9.68. The quantitative estimate of drug-likeness (QED) is 0.577. The van der Waals surface area contributed by atoms with E-state index in [4.69, 9.17) is 16.3 Å². The van der Waals surface area contributed by atoms with E-state index < -0.39 is 5.25 Å². The summed E-state index contributed by atoms with van der Waals surface area (Å²) in [5.74, 6) is 0.599. The monoisotopic (exact) mass is 420 g/mol. The Morgan fingerprint density at radius 1 is 1.25 bits per heavy atom. The van der Waals surface area contributed by atoms with Gasteiger partial charge in [-0.2, -0.15) is 0 Å². The second-order valence-corrected chi connectivity index (χ2v) is 7.65. The van der Waals surface area contributed by atoms with Crippen molar-refractivity contribution in [2.75, 3.05) is 5.32 Å². The van der Waals surface area contributed by atoms with Crippen LogP contribution in [0.5, 0.6) is 5.75 Å². The second-order valence-electron chi connectivity index (χ2n) is 5.93. The number of carbonyl (C=O) groups is 1. The normalized spacial score (nSPS) is 11.9. The maximum atomic E-state index is 13.0. The third-order valence-corrected chi connectivity index (χ3v) is 5.33. The molecule has 0 fully saturated rings. The molecule has 0 aliphatic rings. The lowest BCUT2D eigenvalue weighted by Gasteiger charge is -2.12. The van der Waals surface area contributed by atoms with Crippen LogP contribution in [0.2, 0.25) is 5.02 Å². The largest absolute Gasteiger partial charge is 0.484 e. The molecule has 28 heavy (non-hydrogen) atoms. The summed E-state index contributed by atoms with van der Waals surface area (Å²) in [6.45, 7) is 1.96. The number of carbonyl (C=O) groups excluding carboxylic acids is 1. The highest BCUT2D eigenvalue weighted by Gasteiger charge is 2.19. The van der Waals surface area contributed by atoms with Gasteiger partial charge in [0.05, 0.1) is 10.3 Å². The minimum absolute atomic E-state index is 0.198. The molecule has 1 heterocycles. The number of anilines is 1. The molecule has 6 nitrogen and oxygen atoms in total. The molecular formula is C19H18ClFN4O2S. The molecule has 146 valence electrons. The standard InChI is InChI=1S/C19H18ClFN4O2S/c1-12(18(26)22-14-9-7-13(21)8-10-14)28-19-24-23-17(25(19)2)11-27-16-6-4-3-5-15(16)20/h3-10,12H,11H2,1-2H3,(H,22,26). The summed E-state index contributed by atoms with van der Waals surface area (Å²) in [6, 6.07) is 12.8. The molecule has 0 aliphatic carbocycles. The lowest BCUT2D eigenvalue weighted by atomic mass is 10.3. The van der Waals surface area contributed by atoms with Gasteiger partial charge in [-0.3, -0.25) is 4.79 Å². The highest BCUT2D eigenvalue weighted by Crippen LogP contribution is 2.25. The summed E-state index contributed by atoms with van der Waals surface area (Å²) in [5.41, 5.74) is 0.533. The van der Waals surface area contributed by atoms with E-state index in [0.717, 1.165) is 0 Å². The first-order valence-electron chi connectivity index (χ1n) is 8.42. The van der Waals surface area contributed by atoms with E-state index in [1.807, 2.05) is 12.1 Å². The molecule has 0 saturated heterocycles.